The molecule has 1 unspecified atom stereocenters. The van der Waals surface area contributed by atoms with Crippen molar-refractivity contribution in [1.82, 2.24) is 5.32 Å². The highest BCUT2D eigenvalue weighted by Gasteiger charge is 2.32. The Morgan fingerprint density at radius 2 is 1.45 bits per heavy atom. The van der Waals surface area contributed by atoms with Crippen molar-refractivity contribution in [1.29, 1.82) is 0 Å². The zero-order chi connectivity index (χ0) is 37.2. The minimum absolute atomic E-state index is 0.499. The topological polar surface area (TPSA) is 15.3 Å². The molecule has 3 heteroatoms. The van der Waals surface area contributed by atoms with E-state index in [2.05, 4.69) is 201 Å². The molecule has 0 bridgehead atoms. The SMILES string of the molecule is C=C1/C=C\C=C/N(c2cccc(C(C)(/C=C(\NC)c3ccccc3)c3ccccc3Sc3ccccc3C)c2)C2=C1CCC(c1ccccc1)=C2.CC. The quantitative estimate of drug-likeness (QED) is 0.164. The molecule has 0 radical (unpaired) electrons. The van der Waals surface area contributed by atoms with E-state index in [0.717, 1.165) is 35.4 Å². The summed E-state index contributed by atoms with van der Waals surface area (Å²) < 4.78 is 0. The number of anilines is 1. The van der Waals surface area contributed by atoms with Crippen LogP contribution in [-0.2, 0) is 5.41 Å². The minimum atomic E-state index is -0.499. The van der Waals surface area contributed by atoms with Crippen molar-refractivity contribution in [2.24, 2.45) is 0 Å². The van der Waals surface area contributed by atoms with Crippen molar-refractivity contribution in [2.75, 3.05) is 11.9 Å². The molecule has 0 aromatic heterocycles. The molecule has 266 valence electrons. The minimum Gasteiger partial charge on any atom is -0.388 e. The first kappa shape index (κ1) is 37.3. The lowest BCUT2D eigenvalue weighted by molar-refractivity contribution is 0.704. The summed E-state index contributed by atoms with van der Waals surface area (Å²) in [5.41, 5.74) is 12.7. The third kappa shape index (κ3) is 8.27. The van der Waals surface area contributed by atoms with Gasteiger partial charge in [-0.25, -0.2) is 0 Å². The molecule has 0 spiro atoms. The summed E-state index contributed by atoms with van der Waals surface area (Å²) in [6.45, 7) is 13.0. The highest BCUT2D eigenvalue weighted by Crippen LogP contribution is 2.45. The number of hydrogen-bond acceptors (Lipinski definition) is 3. The van der Waals surface area contributed by atoms with Crippen LogP contribution in [0.15, 0.2) is 203 Å². The molecular weight excluding hydrogens is 661 g/mol. The van der Waals surface area contributed by atoms with Gasteiger partial charge in [-0.05, 0) is 114 Å². The van der Waals surface area contributed by atoms with Crippen LogP contribution in [0, 0.1) is 6.92 Å². The maximum Gasteiger partial charge on any atom is 0.0496 e. The average molecular weight is 711 g/mol. The second-order valence-electron chi connectivity index (χ2n) is 13.3. The Morgan fingerprint density at radius 1 is 0.774 bits per heavy atom. The molecule has 5 aromatic carbocycles. The van der Waals surface area contributed by atoms with Crippen molar-refractivity contribution in [3.8, 4) is 0 Å². The summed E-state index contributed by atoms with van der Waals surface area (Å²) >= 11 is 1.84. The van der Waals surface area contributed by atoms with Gasteiger partial charge in [0.25, 0.3) is 0 Å². The smallest absolute Gasteiger partial charge is 0.0496 e. The van der Waals surface area contributed by atoms with Crippen LogP contribution in [0.2, 0.25) is 0 Å². The molecule has 0 saturated heterocycles. The van der Waals surface area contributed by atoms with Crippen molar-refractivity contribution in [3.63, 3.8) is 0 Å². The molecule has 0 amide bonds. The van der Waals surface area contributed by atoms with E-state index in [1.54, 1.807) is 0 Å². The van der Waals surface area contributed by atoms with E-state index in [0.29, 0.717) is 0 Å². The molecule has 0 fully saturated rings. The van der Waals surface area contributed by atoms with E-state index >= 15 is 0 Å². The normalized spacial score (nSPS) is 16.5. The van der Waals surface area contributed by atoms with E-state index in [1.165, 1.54) is 48.9 Å². The van der Waals surface area contributed by atoms with E-state index in [-0.39, 0.29) is 0 Å². The predicted molar refractivity (Wildman–Crippen MR) is 230 cm³/mol. The lowest BCUT2D eigenvalue weighted by Crippen LogP contribution is -2.25. The van der Waals surface area contributed by atoms with Crippen LogP contribution in [-0.4, -0.2) is 7.05 Å². The first-order valence-corrected chi connectivity index (χ1v) is 19.5. The fourth-order valence-electron chi connectivity index (χ4n) is 7.12. The Labute approximate surface area is 321 Å². The van der Waals surface area contributed by atoms with E-state index in [4.69, 9.17) is 0 Å². The van der Waals surface area contributed by atoms with Gasteiger partial charge in [0, 0.05) is 45.5 Å². The van der Waals surface area contributed by atoms with Crippen LogP contribution in [0.4, 0.5) is 5.69 Å². The summed E-state index contributed by atoms with van der Waals surface area (Å²) in [4.78, 5) is 4.85. The van der Waals surface area contributed by atoms with Crippen LogP contribution < -0.4 is 10.2 Å². The predicted octanol–water partition coefficient (Wildman–Crippen LogP) is 13.3. The summed E-state index contributed by atoms with van der Waals surface area (Å²) in [6.07, 6.45) is 15.3. The number of hydrogen-bond donors (Lipinski definition) is 1. The van der Waals surface area contributed by atoms with Crippen molar-refractivity contribution < 1.29 is 0 Å². The lowest BCUT2D eigenvalue weighted by atomic mass is 9.75. The molecule has 5 aromatic rings. The lowest BCUT2D eigenvalue weighted by Gasteiger charge is -2.34. The van der Waals surface area contributed by atoms with Crippen molar-refractivity contribution >= 4 is 28.7 Å². The Hall–Kier alpha value is -5.51. The van der Waals surface area contributed by atoms with Crippen LogP contribution in [0.3, 0.4) is 0 Å². The average Bonchev–Trinajstić information content (AvgIpc) is 3.21. The van der Waals surface area contributed by atoms with Gasteiger partial charge in [-0.2, -0.15) is 0 Å². The van der Waals surface area contributed by atoms with Crippen molar-refractivity contribution in [3.05, 3.63) is 221 Å². The van der Waals surface area contributed by atoms with E-state index in [1.807, 2.05) is 32.7 Å². The molecule has 1 heterocycles. The van der Waals surface area contributed by atoms with Crippen LogP contribution in [0.25, 0.3) is 11.3 Å². The molecule has 1 atom stereocenters. The fourth-order valence-corrected chi connectivity index (χ4v) is 8.27. The maximum atomic E-state index is 4.49. The summed E-state index contributed by atoms with van der Waals surface area (Å²) in [6, 6.07) is 48.0. The zero-order valence-electron chi connectivity index (χ0n) is 31.6. The van der Waals surface area contributed by atoms with Gasteiger partial charge in [-0.3, -0.25) is 0 Å². The first-order chi connectivity index (χ1) is 25.9. The zero-order valence-corrected chi connectivity index (χ0v) is 32.5. The highest BCUT2D eigenvalue weighted by atomic mass is 32.2. The molecule has 1 aliphatic carbocycles. The van der Waals surface area contributed by atoms with Gasteiger partial charge >= 0.3 is 0 Å². The van der Waals surface area contributed by atoms with E-state index in [9.17, 15) is 0 Å². The number of allylic oxidation sites excluding steroid dienone is 8. The van der Waals surface area contributed by atoms with E-state index < -0.39 is 5.41 Å². The third-order valence-electron chi connectivity index (χ3n) is 9.97. The highest BCUT2D eigenvalue weighted by molar-refractivity contribution is 7.99. The molecular formula is C50H50N2S. The standard InChI is InChI=1S/C48H44N2S.C2H6/c1-35-18-15-16-31-50(45-32-39(29-30-42(35)45)37-20-7-5-8-21-37)41-25-17-24-40(33-41)48(3,34-44(49-4)38-22-9-6-10-23-38)43-26-12-14-28-47(43)51-46-27-13-11-19-36(46)2;1-2/h5-28,31-34,49H,1,29-30H2,2-4H3;1-2H3/b18-15-,31-16-,44-34-;. The first-order valence-electron chi connectivity index (χ1n) is 18.7. The van der Waals surface area contributed by atoms with Gasteiger partial charge in [0.15, 0.2) is 0 Å². The second-order valence-corrected chi connectivity index (χ2v) is 14.4. The largest absolute Gasteiger partial charge is 0.388 e. The Kier molecular flexibility index (Phi) is 12.2. The number of aryl methyl sites for hydroxylation is 1. The van der Waals surface area contributed by atoms with Gasteiger partial charge in [-0.15, -0.1) is 0 Å². The molecule has 7 rings (SSSR count). The number of nitrogens with zero attached hydrogens (tertiary/aromatic N) is 1. The number of nitrogens with one attached hydrogen (secondary N) is 1. The van der Waals surface area contributed by atoms with Crippen LogP contribution in [0.1, 0.15) is 61.4 Å². The Balaban J connectivity index is 0.00000236. The van der Waals surface area contributed by atoms with Gasteiger partial charge in [0.2, 0.25) is 0 Å². The maximum absolute atomic E-state index is 4.49. The third-order valence-corrected chi connectivity index (χ3v) is 11.2. The van der Waals surface area contributed by atoms with Gasteiger partial charge in [0.05, 0.1) is 0 Å². The molecule has 1 N–H and O–H groups in total. The molecule has 53 heavy (non-hydrogen) atoms. The van der Waals surface area contributed by atoms with Gasteiger partial charge < -0.3 is 10.2 Å². The summed E-state index contributed by atoms with van der Waals surface area (Å²) in [7, 11) is 2.02. The monoisotopic (exact) mass is 710 g/mol. The number of rotatable bonds is 9. The van der Waals surface area contributed by atoms with Crippen LogP contribution >= 0.6 is 11.8 Å². The Morgan fingerprint density at radius 3 is 2.19 bits per heavy atom. The summed E-state index contributed by atoms with van der Waals surface area (Å²) in [5, 5.41) is 3.55. The Bertz CT molecular complexity index is 2200. The fraction of sp³-hybridized carbons (Fsp3) is 0.160. The molecule has 2 aliphatic rings. The van der Waals surface area contributed by atoms with Crippen molar-refractivity contribution in [2.45, 2.75) is 55.7 Å². The van der Waals surface area contributed by atoms with Gasteiger partial charge in [-0.1, -0.05) is 154 Å². The number of benzene rings is 5. The van der Waals surface area contributed by atoms with Gasteiger partial charge in [0.1, 0.15) is 0 Å². The molecule has 2 nitrogen and oxygen atoms in total. The molecule has 1 aliphatic heterocycles. The molecule has 0 saturated carbocycles. The second kappa shape index (κ2) is 17.3. The van der Waals surface area contributed by atoms with Crippen LogP contribution in [0.5, 0.6) is 0 Å². The summed E-state index contributed by atoms with van der Waals surface area (Å²) in [5.74, 6) is 0.